The number of fused-ring (bicyclic) bond motifs is 1. The first-order valence-corrected chi connectivity index (χ1v) is 8.27. The van der Waals surface area contributed by atoms with Gasteiger partial charge in [-0.05, 0) is 44.0 Å². The highest BCUT2D eigenvalue weighted by molar-refractivity contribution is 5.89. The lowest BCUT2D eigenvalue weighted by molar-refractivity contribution is -0.0149. The van der Waals surface area contributed by atoms with Gasteiger partial charge < -0.3 is 10.1 Å². The van der Waals surface area contributed by atoms with E-state index in [0.717, 1.165) is 11.1 Å². The van der Waals surface area contributed by atoms with E-state index in [1.807, 2.05) is 45.0 Å². The maximum Gasteiger partial charge on any atom is 0.149 e. The van der Waals surface area contributed by atoms with Crippen molar-refractivity contribution in [1.82, 2.24) is 9.97 Å². The highest BCUT2D eigenvalue weighted by Gasteiger charge is 2.10. The predicted octanol–water partition coefficient (Wildman–Crippen LogP) is 4.70. The van der Waals surface area contributed by atoms with Gasteiger partial charge in [-0.15, -0.1) is 0 Å². The van der Waals surface area contributed by atoms with Gasteiger partial charge in [0.2, 0.25) is 0 Å². The third kappa shape index (κ3) is 4.51. The molecule has 130 valence electrons. The number of benzene rings is 2. The maximum absolute atomic E-state index is 13.8. The zero-order valence-corrected chi connectivity index (χ0v) is 14.7. The predicted molar refractivity (Wildman–Crippen MR) is 97.8 cm³/mol. The Balaban J connectivity index is 1.73. The summed E-state index contributed by atoms with van der Waals surface area (Å²) in [7, 11) is 0. The quantitative estimate of drug-likeness (QED) is 0.732. The minimum Gasteiger partial charge on any atom is -0.371 e. The lowest BCUT2D eigenvalue weighted by Crippen LogP contribution is -2.18. The molecule has 0 aliphatic rings. The first kappa shape index (κ1) is 17.3. The van der Waals surface area contributed by atoms with Crippen molar-refractivity contribution < 1.29 is 9.13 Å². The van der Waals surface area contributed by atoms with Crippen molar-refractivity contribution >= 4 is 16.7 Å². The molecule has 0 unspecified atom stereocenters. The molecule has 1 aromatic heterocycles. The van der Waals surface area contributed by atoms with Gasteiger partial charge in [0.25, 0.3) is 0 Å². The Bertz CT molecular complexity index is 874. The number of halogens is 1. The average Bonchev–Trinajstić information content (AvgIpc) is 2.58. The van der Waals surface area contributed by atoms with Crippen molar-refractivity contribution in [1.29, 1.82) is 0 Å². The lowest BCUT2D eigenvalue weighted by Gasteiger charge is -2.19. The van der Waals surface area contributed by atoms with E-state index in [0.29, 0.717) is 29.9 Å². The molecule has 3 rings (SSSR count). The fraction of sp³-hybridized carbons (Fsp3) is 0.300. The second-order valence-corrected chi connectivity index (χ2v) is 6.93. The van der Waals surface area contributed by atoms with E-state index in [4.69, 9.17) is 4.74 Å². The molecule has 1 N–H and O–H groups in total. The molecule has 0 saturated heterocycles. The van der Waals surface area contributed by atoms with E-state index in [1.165, 1.54) is 12.4 Å². The van der Waals surface area contributed by atoms with E-state index in [9.17, 15) is 4.39 Å². The van der Waals surface area contributed by atoms with Crippen LogP contribution in [0.1, 0.15) is 31.9 Å². The number of ether oxygens (including phenoxy) is 1. The fourth-order valence-electron chi connectivity index (χ4n) is 2.51. The molecule has 4 nitrogen and oxygen atoms in total. The number of rotatable bonds is 5. The molecule has 0 spiro atoms. The van der Waals surface area contributed by atoms with Crippen LogP contribution in [0, 0.1) is 5.82 Å². The van der Waals surface area contributed by atoms with Crippen molar-refractivity contribution in [3.63, 3.8) is 0 Å². The van der Waals surface area contributed by atoms with Crippen LogP contribution in [0.4, 0.5) is 10.2 Å². The van der Waals surface area contributed by atoms with E-state index in [1.54, 1.807) is 6.07 Å². The van der Waals surface area contributed by atoms with E-state index < -0.39 is 0 Å². The summed E-state index contributed by atoms with van der Waals surface area (Å²) >= 11 is 0. The number of para-hydroxylation sites is 1. The summed E-state index contributed by atoms with van der Waals surface area (Å²) in [4.78, 5) is 8.26. The van der Waals surface area contributed by atoms with Crippen molar-refractivity contribution in [3.05, 3.63) is 65.7 Å². The second-order valence-electron chi connectivity index (χ2n) is 6.93. The van der Waals surface area contributed by atoms with Crippen LogP contribution in [-0.2, 0) is 17.9 Å². The molecule has 0 aliphatic heterocycles. The van der Waals surface area contributed by atoms with Crippen molar-refractivity contribution in [2.75, 3.05) is 5.32 Å². The first-order valence-electron chi connectivity index (χ1n) is 8.27. The van der Waals surface area contributed by atoms with Crippen LogP contribution in [0.2, 0.25) is 0 Å². The highest BCUT2D eigenvalue weighted by atomic mass is 19.1. The minimum absolute atomic E-state index is 0.168. The molecule has 0 bridgehead atoms. The Morgan fingerprint density at radius 3 is 2.60 bits per heavy atom. The first-order chi connectivity index (χ1) is 11.9. The van der Waals surface area contributed by atoms with Gasteiger partial charge in [0.1, 0.15) is 23.5 Å². The van der Waals surface area contributed by atoms with Crippen LogP contribution in [0.15, 0.2) is 48.8 Å². The Labute approximate surface area is 147 Å². The van der Waals surface area contributed by atoms with Crippen molar-refractivity contribution in [3.8, 4) is 0 Å². The van der Waals surface area contributed by atoms with Gasteiger partial charge in [0.15, 0.2) is 0 Å². The van der Waals surface area contributed by atoms with Crippen molar-refractivity contribution in [2.45, 2.75) is 39.5 Å². The molecule has 0 amide bonds. The molecule has 0 fully saturated rings. The standard InChI is InChI=1S/C20H22FN3O/c1-20(2,3)25-12-15-7-4-6-14(10-15)11-22-19-16-8-5-9-17(21)18(16)23-13-24-19/h4-10,13H,11-12H2,1-3H3,(H,22,23,24). The van der Waals surface area contributed by atoms with Crippen molar-refractivity contribution in [2.24, 2.45) is 0 Å². The summed E-state index contributed by atoms with van der Waals surface area (Å²) in [6.07, 6.45) is 1.38. The number of hydrogen-bond acceptors (Lipinski definition) is 4. The third-order valence-electron chi connectivity index (χ3n) is 3.74. The Kier molecular flexibility index (Phi) is 4.95. The molecule has 0 aliphatic carbocycles. The summed E-state index contributed by atoms with van der Waals surface area (Å²) in [5, 5.41) is 3.95. The number of nitrogens with zero attached hydrogens (tertiary/aromatic N) is 2. The SMILES string of the molecule is CC(C)(C)OCc1cccc(CNc2ncnc3c(F)cccc23)c1. The Morgan fingerprint density at radius 1 is 1.04 bits per heavy atom. The molecule has 2 aromatic carbocycles. The molecule has 1 heterocycles. The monoisotopic (exact) mass is 339 g/mol. The molecular weight excluding hydrogens is 317 g/mol. The van der Waals surface area contributed by atoms with Crippen LogP contribution in [0.25, 0.3) is 10.9 Å². The van der Waals surface area contributed by atoms with E-state index in [-0.39, 0.29) is 11.4 Å². The third-order valence-corrected chi connectivity index (χ3v) is 3.74. The highest BCUT2D eigenvalue weighted by Crippen LogP contribution is 2.22. The Hall–Kier alpha value is -2.53. The van der Waals surface area contributed by atoms with Gasteiger partial charge in [-0.2, -0.15) is 0 Å². The second kappa shape index (κ2) is 7.15. The van der Waals surface area contributed by atoms with E-state index in [2.05, 4.69) is 21.4 Å². The van der Waals surface area contributed by atoms with Gasteiger partial charge in [0, 0.05) is 11.9 Å². The van der Waals surface area contributed by atoms with Crippen LogP contribution < -0.4 is 5.32 Å². The Morgan fingerprint density at radius 2 is 1.80 bits per heavy atom. The summed E-state index contributed by atoms with van der Waals surface area (Å²) in [5.41, 5.74) is 2.39. The molecular formula is C20H22FN3O. The number of aromatic nitrogens is 2. The molecule has 0 radical (unpaired) electrons. The maximum atomic E-state index is 13.8. The fourth-order valence-corrected chi connectivity index (χ4v) is 2.51. The summed E-state index contributed by atoms with van der Waals surface area (Å²) < 4.78 is 19.7. The summed E-state index contributed by atoms with van der Waals surface area (Å²) in [5.74, 6) is 0.283. The van der Waals surface area contributed by atoms with Crippen LogP contribution in [-0.4, -0.2) is 15.6 Å². The molecule has 0 saturated carbocycles. The van der Waals surface area contributed by atoms with Gasteiger partial charge in [-0.3, -0.25) is 0 Å². The zero-order valence-electron chi connectivity index (χ0n) is 14.7. The largest absolute Gasteiger partial charge is 0.371 e. The molecule has 5 heteroatoms. The van der Waals surface area contributed by atoms with Gasteiger partial charge in [0.05, 0.1) is 12.2 Å². The minimum atomic E-state index is -0.343. The smallest absolute Gasteiger partial charge is 0.149 e. The van der Waals surface area contributed by atoms with Crippen LogP contribution in [0.5, 0.6) is 0 Å². The van der Waals surface area contributed by atoms with Gasteiger partial charge in [-0.25, -0.2) is 14.4 Å². The van der Waals surface area contributed by atoms with Crippen LogP contribution in [0.3, 0.4) is 0 Å². The molecule has 3 aromatic rings. The molecule has 0 atom stereocenters. The van der Waals surface area contributed by atoms with Gasteiger partial charge in [-0.1, -0.05) is 30.3 Å². The summed E-state index contributed by atoms with van der Waals surface area (Å²) in [6.45, 7) is 7.28. The zero-order chi connectivity index (χ0) is 17.9. The van der Waals surface area contributed by atoms with Gasteiger partial charge >= 0.3 is 0 Å². The normalized spacial score (nSPS) is 11.7. The number of hydrogen-bond donors (Lipinski definition) is 1. The topological polar surface area (TPSA) is 47.0 Å². The molecule has 25 heavy (non-hydrogen) atoms. The van der Waals surface area contributed by atoms with E-state index >= 15 is 0 Å². The number of nitrogens with one attached hydrogen (secondary N) is 1. The van der Waals surface area contributed by atoms with Crippen LogP contribution >= 0.6 is 0 Å². The number of anilines is 1. The summed E-state index contributed by atoms with van der Waals surface area (Å²) in [6, 6.07) is 13.1. The lowest BCUT2D eigenvalue weighted by atomic mass is 10.1. The average molecular weight is 339 g/mol.